The molecule has 0 saturated carbocycles. The lowest BCUT2D eigenvalue weighted by molar-refractivity contribution is 0.208. The van der Waals surface area contributed by atoms with Gasteiger partial charge in [-0.1, -0.05) is 22.9 Å². The van der Waals surface area contributed by atoms with E-state index >= 15 is 0 Å². The zero-order valence-corrected chi connectivity index (χ0v) is 15.3. The van der Waals surface area contributed by atoms with E-state index in [-0.39, 0.29) is 0 Å². The minimum atomic E-state index is -0.525. The number of aliphatic hydroxyl groups excluding tert-OH is 1. The predicted octanol–water partition coefficient (Wildman–Crippen LogP) is 1.88. The van der Waals surface area contributed by atoms with Gasteiger partial charge in [-0.05, 0) is 26.0 Å². The molecule has 10 heteroatoms. The first-order valence-corrected chi connectivity index (χ1v) is 8.67. The third-order valence-corrected chi connectivity index (χ3v) is 4.16. The minimum absolute atomic E-state index is 0.329. The SMILES string of the molecule is CCn1nnc2c(NCc3c(N)cccc3Cl)nc(NCC(C)O)nc21. The van der Waals surface area contributed by atoms with Gasteiger partial charge in [0.2, 0.25) is 5.95 Å². The quantitative estimate of drug-likeness (QED) is 0.460. The molecular weight excluding hydrogens is 356 g/mol. The Kier molecular flexibility index (Phi) is 5.38. The number of benzene rings is 1. The van der Waals surface area contributed by atoms with Crippen molar-refractivity contribution < 1.29 is 5.11 Å². The second kappa shape index (κ2) is 7.71. The number of rotatable bonds is 7. The number of hydrogen-bond acceptors (Lipinski definition) is 8. The van der Waals surface area contributed by atoms with Crippen molar-refractivity contribution in [3.63, 3.8) is 0 Å². The van der Waals surface area contributed by atoms with Crippen molar-refractivity contribution in [1.29, 1.82) is 0 Å². The van der Waals surface area contributed by atoms with Crippen molar-refractivity contribution >= 4 is 40.2 Å². The Labute approximate surface area is 155 Å². The molecule has 26 heavy (non-hydrogen) atoms. The van der Waals surface area contributed by atoms with Crippen LogP contribution in [-0.4, -0.2) is 42.7 Å². The second-order valence-electron chi connectivity index (χ2n) is 5.86. The molecule has 1 unspecified atom stereocenters. The molecule has 0 spiro atoms. The molecular formula is C16H21ClN8O. The Bertz CT molecular complexity index is 890. The Hall–Kier alpha value is -2.65. The predicted molar refractivity (Wildman–Crippen MR) is 102 cm³/mol. The van der Waals surface area contributed by atoms with E-state index in [1.54, 1.807) is 29.8 Å². The summed E-state index contributed by atoms with van der Waals surface area (Å²) in [5, 5.41) is 24.5. The van der Waals surface area contributed by atoms with Gasteiger partial charge >= 0.3 is 0 Å². The van der Waals surface area contributed by atoms with E-state index in [4.69, 9.17) is 17.3 Å². The summed E-state index contributed by atoms with van der Waals surface area (Å²) >= 11 is 6.23. The number of aryl methyl sites for hydroxylation is 1. The van der Waals surface area contributed by atoms with Gasteiger partial charge in [-0.25, -0.2) is 4.68 Å². The summed E-state index contributed by atoms with van der Waals surface area (Å²) in [7, 11) is 0. The average molecular weight is 377 g/mol. The highest BCUT2D eigenvalue weighted by atomic mass is 35.5. The number of nitrogens with one attached hydrogen (secondary N) is 2. The van der Waals surface area contributed by atoms with Crippen LogP contribution in [0.3, 0.4) is 0 Å². The van der Waals surface area contributed by atoms with E-state index in [0.29, 0.717) is 53.3 Å². The normalized spacial score (nSPS) is 12.3. The van der Waals surface area contributed by atoms with Crippen LogP contribution in [0, 0.1) is 0 Å². The molecule has 0 amide bonds. The molecule has 3 rings (SSSR count). The number of nitrogens with zero attached hydrogens (tertiary/aromatic N) is 5. The monoisotopic (exact) mass is 376 g/mol. The van der Waals surface area contributed by atoms with Gasteiger partial charge in [-0.15, -0.1) is 5.10 Å². The summed E-state index contributed by atoms with van der Waals surface area (Å²) in [5.74, 6) is 0.896. The van der Waals surface area contributed by atoms with Crippen LogP contribution in [0.25, 0.3) is 11.2 Å². The van der Waals surface area contributed by atoms with Crippen molar-refractivity contribution in [3.05, 3.63) is 28.8 Å². The van der Waals surface area contributed by atoms with E-state index in [9.17, 15) is 5.11 Å². The maximum Gasteiger partial charge on any atom is 0.226 e. The maximum atomic E-state index is 9.48. The lowest BCUT2D eigenvalue weighted by atomic mass is 10.2. The highest BCUT2D eigenvalue weighted by molar-refractivity contribution is 6.31. The molecule has 138 valence electrons. The molecule has 2 heterocycles. The number of aliphatic hydroxyl groups is 1. The van der Waals surface area contributed by atoms with Crippen LogP contribution in [-0.2, 0) is 13.1 Å². The summed E-state index contributed by atoms with van der Waals surface area (Å²) < 4.78 is 1.68. The maximum absolute atomic E-state index is 9.48. The molecule has 0 aliphatic heterocycles. The van der Waals surface area contributed by atoms with Crippen molar-refractivity contribution in [2.24, 2.45) is 0 Å². The Morgan fingerprint density at radius 1 is 1.31 bits per heavy atom. The van der Waals surface area contributed by atoms with E-state index in [1.807, 2.05) is 6.92 Å². The number of aromatic nitrogens is 5. The highest BCUT2D eigenvalue weighted by Crippen LogP contribution is 2.25. The number of nitrogen functional groups attached to an aromatic ring is 1. The smallest absolute Gasteiger partial charge is 0.226 e. The summed E-state index contributed by atoms with van der Waals surface area (Å²) in [6.07, 6.45) is -0.525. The lowest BCUT2D eigenvalue weighted by Gasteiger charge is -2.12. The molecule has 0 fully saturated rings. The van der Waals surface area contributed by atoms with Gasteiger partial charge in [0.05, 0.1) is 6.10 Å². The molecule has 0 aliphatic rings. The van der Waals surface area contributed by atoms with Crippen LogP contribution >= 0.6 is 11.6 Å². The van der Waals surface area contributed by atoms with E-state index in [1.165, 1.54) is 0 Å². The summed E-state index contributed by atoms with van der Waals surface area (Å²) in [5.41, 5.74) is 8.54. The van der Waals surface area contributed by atoms with Crippen LogP contribution in [0.1, 0.15) is 19.4 Å². The number of halogens is 1. The molecule has 3 aromatic rings. The minimum Gasteiger partial charge on any atom is -0.398 e. The molecule has 0 aliphatic carbocycles. The molecule has 0 saturated heterocycles. The summed E-state index contributed by atoms with van der Waals surface area (Å²) in [6.45, 7) is 4.97. The fraction of sp³-hybridized carbons (Fsp3) is 0.375. The first kappa shape index (κ1) is 18.2. The topological polar surface area (TPSA) is 127 Å². The van der Waals surface area contributed by atoms with Gasteiger partial charge in [0.25, 0.3) is 0 Å². The number of nitrogens with two attached hydrogens (primary N) is 1. The van der Waals surface area contributed by atoms with Gasteiger partial charge in [0.15, 0.2) is 17.0 Å². The van der Waals surface area contributed by atoms with Crippen LogP contribution < -0.4 is 16.4 Å². The molecule has 9 nitrogen and oxygen atoms in total. The Balaban J connectivity index is 1.94. The van der Waals surface area contributed by atoms with E-state index in [0.717, 1.165) is 5.56 Å². The van der Waals surface area contributed by atoms with Gasteiger partial charge in [-0.3, -0.25) is 0 Å². The van der Waals surface area contributed by atoms with Crippen LogP contribution in [0.15, 0.2) is 18.2 Å². The fourth-order valence-electron chi connectivity index (χ4n) is 2.44. The van der Waals surface area contributed by atoms with Gasteiger partial charge < -0.3 is 21.5 Å². The molecule has 0 radical (unpaired) electrons. The Morgan fingerprint density at radius 3 is 2.81 bits per heavy atom. The van der Waals surface area contributed by atoms with Gasteiger partial charge in [0.1, 0.15) is 0 Å². The fourth-order valence-corrected chi connectivity index (χ4v) is 2.69. The molecule has 1 atom stereocenters. The van der Waals surface area contributed by atoms with Crippen LogP contribution in [0.5, 0.6) is 0 Å². The lowest BCUT2D eigenvalue weighted by Crippen LogP contribution is -2.17. The van der Waals surface area contributed by atoms with Crippen molar-refractivity contribution in [3.8, 4) is 0 Å². The first-order chi connectivity index (χ1) is 12.5. The zero-order chi connectivity index (χ0) is 18.7. The van der Waals surface area contributed by atoms with Crippen LogP contribution in [0.4, 0.5) is 17.5 Å². The molecule has 5 N–H and O–H groups in total. The van der Waals surface area contributed by atoms with E-state index < -0.39 is 6.10 Å². The Morgan fingerprint density at radius 2 is 2.12 bits per heavy atom. The second-order valence-corrected chi connectivity index (χ2v) is 6.27. The van der Waals surface area contributed by atoms with Gasteiger partial charge in [0, 0.05) is 35.9 Å². The number of hydrogen-bond donors (Lipinski definition) is 4. The number of fused-ring (bicyclic) bond motifs is 1. The largest absolute Gasteiger partial charge is 0.398 e. The molecule has 1 aromatic carbocycles. The van der Waals surface area contributed by atoms with Gasteiger partial charge in [-0.2, -0.15) is 9.97 Å². The molecule has 2 aromatic heterocycles. The van der Waals surface area contributed by atoms with E-state index in [2.05, 4.69) is 30.9 Å². The molecule has 0 bridgehead atoms. The average Bonchev–Trinajstić information content (AvgIpc) is 3.02. The van der Waals surface area contributed by atoms with Crippen molar-refractivity contribution in [2.45, 2.75) is 33.0 Å². The standard InChI is InChI=1S/C16H21ClN8O/c1-3-25-15-13(23-24-25)14(21-16(22-15)20-7-9(2)26)19-8-10-11(17)5-4-6-12(10)18/h4-6,9,26H,3,7-8,18H2,1-2H3,(H2,19,20,21,22). The van der Waals surface area contributed by atoms with Crippen molar-refractivity contribution in [2.75, 3.05) is 22.9 Å². The third kappa shape index (κ3) is 3.78. The highest BCUT2D eigenvalue weighted by Gasteiger charge is 2.15. The first-order valence-electron chi connectivity index (χ1n) is 8.29. The number of anilines is 3. The third-order valence-electron chi connectivity index (χ3n) is 3.81. The van der Waals surface area contributed by atoms with Crippen LogP contribution in [0.2, 0.25) is 5.02 Å². The van der Waals surface area contributed by atoms with Crippen molar-refractivity contribution in [1.82, 2.24) is 25.0 Å². The summed E-state index contributed by atoms with van der Waals surface area (Å²) in [6, 6.07) is 5.38. The summed E-state index contributed by atoms with van der Waals surface area (Å²) in [4.78, 5) is 8.89. The zero-order valence-electron chi connectivity index (χ0n) is 14.6.